The maximum atomic E-state index is 13.8. The van der Waals surface area contributed by atoms with Gasteiger partial charge in [0.2, 0.25) is 5.76 Å². The van der Waals surface area contributed by atoms with Gasteiger partial charge in [-0.15, -0.1) is 0 Å². The molecule has 3 aromatic rings. The number of methoxy groups -OCH3 is 1. The molecule has 0 unspecified atom stereocenters. The third-order valence-corrected chi connectivity index (χ3v) is 5.55. The van der Waals surface area contributed by atoms with E-state index in [1.807, 2.05) is 0 Å². The number of nitrogens with zero attached hydrogens (tertiary/aromatic N) is 1. The number of hydrogen-bond acceptors (Lipinski definition) is 6. The van der Waals surface area contributed by atoms with Gasteiger partial charge >= 0.3 is 12.0 Å². The van der Waals surface area contributed by atoms with Crippen molar-refractivity contribution in [1.82, 2.24) is 10.2 Å². The molecule has 8 nitrogen and oxygen atoms in total. The molecular formula is C24H18BrFN2O6. The SMILES string of the molecule is COC(=O)c1ccc(CN2C(=O)N/C(=C\c3ccc(OCc4ccccc4F)c(Br)c3)C2=O)o1. The highest BCUT2D eigenvalue weighted by Crippen LogP contribution is 2.28. The number of imide groups is 1. The lowest BCUT2D eigenvalue weighted by Gasteiger charge is -2.10. The summed E-state index contributed by atoms with van der Waals surface area (Å²) in [7, 11) is 1.22. The second-order valence-corrected chi connectivity index (χ2v) is 8.06. The molecule has 2 aromatic carbocycles. The summed E-state index contributed by atoms with van der Waals surface area (Å²) < 4.78 is 30.0. The van der Waals surface area contributed by atoms with Crippen LogP contribution in [-0.4, -0.2) is 29.9 Å². The van der Waals surface area contributed by atoms with Crippen LogP contribution in [-0.2, 0) is 22.7 Å². The average Bonchev–Trinajstić information content (AvgIpc) is 3.39. The Morgan fingerprint density at radius 1 is 1.18 bits per heavy atom. The molecule has 0 spiro atoms. The summed E-state index contributed by atoms with van der Waals surface area (Å²) in [6, 6.07) is 13.7. The van der Waals surface area contributed by atoms with Gasteiger partial charge in [0.1, 0.15) is 29.6 Å². The van der Waals surface area contributed by atoms with Crippen molar-refractivity contribution in [2.24, 2.45) is 0 Å². The molecule has 3 amide bonds. The molecule has 174 valence electrons. The maximum Gasteiger partial charge on any atom is 0.373 e. The number of rotatable bonds is 7. The molecule has 0 radical (unpaired) electrons. The van der Waals surface area contributed by atoms with E-state index < -0.39 is 17.9 Å². The number of esters is 1. The van der Waals surface area contributed by atoms with Crippen LogP contribution in [0.1, 0.15) is 27.4 Å². The summed E-state index contributed by atoms with van der Waals surface area (Å²) in [6.45, 7) is -0.0921. The van der Waals surface area contributed by atoms with Crippen LogP contribution in [0.3, 0.4) is 0 Å². The maximum absolute atomic E-state index is 13.8. The molecule has 1 fully saturated rings. The molecule has 1 N–H and O–H groups in total. The van der Waals surface area contributed by atoms with Crippen LogP contribution in [0.25, 0.3) is 6.08 Å². The topological polar surface area (TPSA) is 98.1 Å². The predicted octanol–water partition coefficient (Wildman–Crippen LogP) is 4.64. The Hall–Kier alpha value is -3.92. The molecule has 0 atom stereocenters. The fourth-order valence-corrected chi connectivity index (χ4v) is 3.72. The zero-order valence-corrected chi connectivity index (χ0v) is 19.4. The highest BCUT2D eigenvalue weighted by atomic mass is 79.9. The summed E-state index contributed by atoms with van der Waals surface area (Å²) in [6.07, 6.45) is 1.52. The normalized spacial score (nSPS) is 14.4. The number of urea groups is 1. The Bertz CT molecular complexity index is 1300. The number of ether oxygens (including phenoxy) is 2. The number of amides is 3. The molecule has 4 rings (SSSR count). The van der Waals surface area contributed by atoms with Crippen LogP contribution >= 0.6 is 15.9 Å². The Morgan fingerprint density at radius 2 is 1.97 bits per heavy atom. The number of benzene rings is 2. The van der Waals surface area contributed by atoms with Crippen molar-refractivity contribution in [2.45, 2.75) is 13.2 Å². The molecule has 0 bridgehead atoms. The lowest BCUT2D eigenvalue weighted by Crippen LogP contribution is -2.30. The van der Waals surface area contributed by atoms with E-state index in [1.54, 1.807) is 36.4 Å². The standard InChI is InChI=1S/C24H18BrFN2O6/c1-32-23(30)21-9-7-16(34-21)12-28-22(29)19(27-24(28)31)11-14-6-8-20(17(25)10-14)33-13-15-4-2-3-5-18(15)26/h2-11H,12-13H2,1H3,(H,27,31)/b19-11-. The molecule has 0 aliphatic carbocycles. The van der Waals surface area contributed by atoms with Crippen LogP contribution in [0.2, 0.25) is 0 Å². The zero-order chi connectivity index (χ0) is 24.2. The summed E-state index contributed by atoms with van der Waals surface area (Å²) in [5.41, 5.74) is 1.13. The van der Waals surface area contributed by atoms with Gasteiger partial charge in [-0.1, -0.05) is 24.3 Å². The van der Waals surface area contributed by atoms with Crippen molar-refractivity contribution >= 4 is 39.9 Å². The Morgan fingerprint density at radius 3 is 2.71 bits per heavy atom. The van der Waals surface area contributed by atoms with Crippen LogP contribution in [0, 0.1) is 5.82 Å². The lowest BCUT2D eigenvalue weighted by molar-refractivity contribution is -0.123. The lowest BCUT2D eigenvalue weighted by atomic mass is 10.2. The second-order valence-electron chi connectivity index (χ2n) is 7.21. The number of furan rings is 1. The molecule has 34 heavy (non-hydrogen) atoms. The Kier molecular flexibility index (Phi) is 6.78. The molecule has 1 aliphatic rings. The first-order valence-corrected chi connectivity index (χ1v) is 10.8. The van der Waals surface area contributed by atoms with Gasteiger partial charge in [-0.2, -0.15) is 0 Å². The van der Waals surface area contributed by atoms with E-state index in [9.17, 15) is 18.8 Å². The smallest absolute Gasteiger partial charge is 0.373 e. The average molecular weight is 529 g/mol. The third kappa shape index (κ3) is 5.01. The van der Waals surface area contributed by atoms with Gasteiger partial charge in [0, 0.05) is 5.56 Å². The van der Waals surface area contributed by atoms with E-state index in [1.165, 1.54) is 31.4 Å². The van der Waals surface area contributed by atoms with Crippen molar-refractivity contribution in [3.63, 3.8) is 0 Å². The number of carbonyl (C=O) groups excluding carboxylic acids is 3. The van der Waals surface area contributed by atoms with E-state index in [0.717, 1.165) is 4.90 Å². The molecule has 10 heteroatoms. The first-order valence-electron chi connectivity index (χ1n) is 10.0. The van der Waals surface area contributed by atoms with Gasteiger partial charge in [0.05, 0.1) is 18.1 Å². The highest BCUT2D eigenvalue weighted by molar-refractivity contribution is 9.10. The molecule has 0 saturated carbocycles. The summed E-state index contributed by atoms with van der Waals surface area (Å²) in [5.74, 6) is -0.830. The van der Waals surface area contributed by atoms with Crippen molar-refractivity contribution < 1.29 is 32.7 Å². The monoisotopic (exact) mass is 528 g/mol. The number of carbonyl (C=O) groups is 3. The number of nitrogens with one attached hydrogen (secondary N) is 1. The van der Waals surface area contributed by atoms with E-state index in [4.69, 9.17) is 9.15 Å². The largest absolute Gasteiger partial charge is 0.488 e. The van der Waals surface area contributed by atoms with Crippen molar-refractivity contribution in [3.05, 3.63) is 93.2 Å². The second kappa shape index (κ2) is 9.92. The quantitative estimate of drug-likeness (QED) is 0.272. The molecule has 2 heterocycles. The summed E-state index contributed by atoms with van der Waals surface area (Å²) in [5, 5.41) is 2.53. The van der Waals surface area contributed by atoms with Crippen molar-refractivity contribution in [1.29, 1.82) is 0 Å². The van der Waals surface area contributed by atoms with E-state index in [0.29, 0.717) is 21.3 Å². The predicted molar refractivity (Wildman–Crippen MR) is 122 cm³/mol. The van der Waals surface area contributed by atoms with E-state index in [2.05, 4.69) is 26.0 Å². The Balaban J connectivity index is 1.44. The highest BCUT2D eigenvalue weighted by Gasteiger charge is 2.34. The van der Waals surface area contributed by atoms with Gasteiger partial charge < -0.3 is 19.2 Å². The van der Waals surface area contributed by atoms with E-state index >= 15 is 0 Å². The number of hydrogen-bond donors (Lipinski definition) is 1. The van der Waals surface area contributed by atoms with Gasteiger partial charge in [-0.25, -0.2) is 14.0 Å². The van der Waals surface area contributed by atoms with Crippen molar-refractivity contribution in [2.75, 3.05) is 7.11 Å². The minimum atomic E-state index is -0.657. The first kappa shape index (κ1) is 23.2. The van der Waals surface area contributed by atoms with Crippen molar-refractivity contribution in [3.8, 4) is 5.75 Å². The molecule has 1 aliphatic heterocycles. The Labute approximate surface area is 202 Å². The zero-order valence-electron chi connectivity index (χ0n) is 17.8. The van der Waals surface area contributed by atoms with Gasteiger partial charge in [0.25, 0.3) is 5.91 Å². The molecular weight excluding hydrogens is 511 g/mol. The van der Waals surface area contributed by atoms with Crippen LogP contribution < -0.4 is 10.1 Å². The minimum Gasteiger partial charge on any atom is -0.488 e. The van der Waals surface area contributed by atoms with Gasteiger partial charge in [0.15, 0.2) is 0 Å². The summed E-state index contributed by atoms with van der Waals surface area (Å²) >= 11 is 3.41. The third-order valence-electron chi connectivity index (χ3n) is 4.93. The summed E-state index contributed by atoms with van der Waals surface area (Å²) in [4.78, 5) is 37.5. The minimum absolute atomic E-state index is 0.0255. The van der Waals surface area contributed by atoms with Crippen LogP contribution in [0.15, 0.2) is 69.2 Å². The molecule has 1 aromatic heterocycles. The fourth-order valence-electron chi connectivity index (χ4n) is 3.21. The van der Waals surface area contributed by atoms with Gasteiger partial charge in [-0.3, -0.25) is 9.69 Å². The van der Waals surface area contributed by atoms with Crippen LogP contribution in [0.4, 0.5) is 9.18 Å². The van der Waals surface area contributed by atoms with Gasteiger partial charge in [-0.05, 0) is 57.9 Å². The number of halogens is 2. The fraction of sp³-hybridized carbons (Fsp3) is 0.125. The van der Waals surface area contributed by atoms with E-state index in [-0.39, 0.29) is 36.2 Å². The first-order chi connectivity index (χ1) is 16.4. The molecule has 1 saturated heterocycles. The van der Waals surface area contributed by atoms with Crippen LogP contribution in [0.5, 0.6) is 5.75 Å².